The van der Waals surface area contributed by atoms with Crippen LogP contribution in [0.3, 0.4) is 0 Å². The van der Waals surface area contributed by atoms with Crippen LogP contribution >= 0.6 is 0 Å². The molecule has 0 saturated carbocycles. The van der Waals surface area contributed by atoms with Crippen LogP contribution in [0.1, 0.15) is 120 Å². The van der Waals surface area contributed by atoms with Gasteiger partial charge < -0.3 is 56.8 Å². The van der Waals surface area contributed by atoms with E-state index in [0.29, 0.717) is 6.61 Å². The average Bonchev–Trinajstić information content (AvgIpc) is 3.13. The summed E-state index contributed by atoms with van der Waals surface area (Å²) in [6, 6.07) is 0. The van der Waals surface area contributed by atoms with Gasteiger partial charge in [0.1, 0.15) is 31.5 Å². The minimum Gasteiger partial charge on any atom is -0.463 e. The molecule has 2 aliphatic heterocycles. The molecule has 59 heavy (non-hydrogen) atoms. The fraction of sp³-hybridized carbons (Fsp3) is 0.825. The van der Waals surface area contributed by atoms with Crippen LogP contribution in [-0.2, 0) is 90.4 Å². The number of carbonyl (C=O) groups excluding carboxylic acids is 7. The highest BCUT2D eigenvalue weighted by Crippen LogP contribution is 2.35. The number of esters is 7. The first-order valence-electron chi connectivity index (χ1n) is 20.3. The number of carbonyl (C=O) groups is 7. The lowest BCUT2D eigenvalue weighted by Gasteiger charge is -2.48. The third-order valence-corrected chi connectivity index (χ3v) is 9.04. The largest absolute Gasteiger partial charge is 0.463 e. The van der Waals surface area contributed by atoms with Gasteiger partial charge in [-0.1, -0.05) is 64.7 Å². The maximum Gasteiger partial charge on any atom is 0.303 e. The second-order valence-electron chi connectivity index (χ2n) is 14.3. The molecule has 19 nitrogen and oxygen atoms in total. The first kappa shape index (κ1) is 51.2. The van der Waals surface area contributed by atoms with E-state index in [9.17, 15) is 33.6 Å². The molecule has 338 valence electrons. The molecule has 2 saturated heterocycles. The Morgan fingerprint density at radius 3 is 1.27 bits per heavy atom. The highest BCUT2D eigenvalue weighted by molar-refractivity contribution is 5.69. The number of hydrogen-bond donors (Lipinski definition) is 0. The van der Waals surface area contributed by atoms with Crippen LogP contribution in [0.25, 0.3) is 0 Å². The van der Waals surface area contributed by atoms with Gasteiger partial charge in [0.05, 0.1) is 13.2 Å². The zero-order valence-electron chi connectivity index (χ0n) is 35.6. The molecule has 0 bridgehead atoms. The topological polar surface area (TPSA) is 230 Å². The van der Waals surface area contributed by atoms with Crippen LogP contribution in [0, 0.1) is 0 Å². The molecule has 0 aliphatic carbocycles. The average molecular weight is 849 g/mol. The van der Waals surface area contributed by atoms with Crippen LogP contribution < -0.4 is 0 Å². The molecule has 2 rings (SSSR count). The van der Waals surface area contributed by atoms with E-state index in [1.165, 1.54) is 44.9 Å². The minimum atomic E-state index is -1.78. The molecule has 0 spiro atoms. The molecule has 2 heterocycles. The highest BCUT2D eigenvalue weighted by atomic mass is 16.8. The lowest BCUT2D eigenvalue weighted by atomic mass is 9.96. The van der Waals surface area contributed by atoms with Crippen molar-refractivity contribution in [2.75, 3.05) is 33.0 Å². The fourth-order valence-corrected chi connectivity index (χ4v) is 6.62. The zero-order valence-corrected chi connectivity index (χ0v) is 35.6. The van der Waals surface area contributed by atoms with E-state index in [1.807, 2.05) is 0 Å². The van der Waals surface area contributed by atoms with Gasteiger partial charge in [0, 0.05) is 55.1 Å². The van der Waals surface area contributed by atoms with Gasteiger partial charge in [0.15, 0.2) is 43.1 Å². The Balaban J connectivity index is 2.37. The highest BCUT2D eigenvalue weighted by Gasteiger charge is 2.57. The summed E-state index contributed by atoms with van der Waals surface area (Å²) < 4.78 is 68.5. The van der Waals surface area contributed by atoms with Crippen molar-refractivity contribution in [2.24, 2.45) is 0 Å². The SMILES string of the molecule is CCCCCCCCCCCCOCCO[C@@H]1O[C@H](COC(C)=O)[C@@H](O[C@@H]2O[C@H](COC(C)=O)[C@H](OC(C)=O)[C@H](OC(C)=O)[C@H]2OC(C)=O)[C@H](OC(C)=O)[C@H]1OC(C)=O. The summed E-state index contributed by atoms with van der Waals surface area (Å²) in [4.78, 5) is 86.0. The molecule has 0 aromatic carbocycles. The molecule has 10 atom stereocenters. The smallest absolute Gasteiger partial charge is 0.303 e. The second kappa shape index (κ2) is 27.8. The van der Waals surface area contributed by atoms with Crippen LogP contribution in [0.15, 0.2) is 0 Å². The Morgan fingerprint density at radius 1 is 0.407 bits per heavy atom. The molecular weight excluding hydrogens is 784 g/mol. The molecule has 0 amide bonds. The Kier molecular flexibility index (Phi) is 24.1. The lowest BCUT2D eigenvalue weighted by Crippen LogP contribution is -2.67. The van der Waals surface area contributed by atoms with Crippen molar-refractivity contribution < 1.29 is 90.4 Å². The zero-order chi connectivity index (χ0) is 43.9. The predicted octanol–water partition coefficient (Wildman–Crippen LogP) is 3.56. The van der Waals surface area contributed by atoms with Gasteiger partial charge in [-0.25, -0.2) is 0 Å². The molecule has 0 unspecified atom stereocenters. The molecule has 0 aromatic heterocycles. The monoisotopic (exact) mass is 848 g/mol. The van der Waals surface area contributed by atoms with Gasteiger partial charge in [-0.05, 0) is 6.42 Å². The van der Waals surface area contributed by atoms with Crippen molar-refractivity contribution in [2.45, 2.75) is 181 Å². The Labute approximate surface area is 345 Å². The van der Waals surface area contributed by atoms with Gasteiger partial charge in [0.2, 0.25) is 0 Å². The van der Waals surface area contributed by atoms with Gasteiger partial charge >= 0.3 is 41.8 Å². The van der Waals surface area contributed by atoms with Crippen LogP contribution in [-0.4, -0.2) is 136 Å². The van der Waals surface area contributed by atoms with E-state index in [-0.39, 0.29) is 13.2 Å². The fourth-order valence-electron chi connectivity index (χ4n) is 6.62. The third kappa shape index (κ3) is 19.8. The van der Waals surface area contributed by atoms with Crippen LogP contribution in [0.5, 0.6) is 0 Å². The van der Waals surface area contributed by atoms with Gasteiger partial charge in [-0.15, -0.1) is 0 Å². The summed E-state index contributed by atoms with van der Waals surface area (Å²) in [5, 5.41) is 0. The summed E-state index contributed by atoms with van der Waals surface area (Å²) in [7, 11) is 0. The van der Waals surface area contributed by atoms with Gasteiger partial charge in [-0.2, -0.15) is 0 Å². The molecule has 0 aromatic rings. The summed E-state index contributed by atoms with van der Waals surface area (Å²) in [5.41, 5.74) is 0. The van der Waals surface area contributed by atoms with E-state index in [1.54, 1.807) is 0 Å². The molecule has 0 N–H and O–H groups in total. The van der Waals surface area contributed by atoms with E-state index in [2.05, 4.69) is 6.92 Å². The molecule has 19 heteroatoms. The summed E-state index contributed by atoms with van der Waals surface area (Å²) >= 11 is 0. The van der Waals surface area contributed by atoms with Crippen LogP contribution in [0.2, 0.25) is 0 Å². The summed E-state index contributed by atoms with van der Waals surface area (Å²) in [6.07, 6.45) is -3.58. The molecular formula is C40H64O19. The van der Waals surface area contributed by atoms with E-state index in [0.717, 1.165) is 67.7 Å². The number of ether oxygens (including phenoxy) is 12. The second-order valence-corrected chi connectivity index (χ2v) is 14.3. The number of hydrogen-bond acceptors (Lipinski definition) is 19. The van der Waals surface area contributed by atoms with Crippen molar-refractivity contribution in [3.05, 3.63) is 0 Å². The number of rotatable bonds is 26. The summed E-state index contributed by atoms with van der Waals surface area (Å²) in [5.74, 6) is -5.76. The number of unbranched alkanes of at least 4 members (excludes halogenated alkanes) is 9. The van der Waals surface area contributed by atoms with Gasteiger partial charge in [0.25, 0.3) is 0 Å². The first-order chi connectivity index (χ1) is 28.0. The van der Waals surface area contributed by atoms with Crippen molar-refractivity contribution in [3.8, 4) is 0 Å². The minimum absolute atomic E-state index is 0.0432. The molecule has 2 aliphatic rings. The molecule has 0 radical (unpaired) electrons. The third-order valence-electron chi connectivity index (χ3n) is 9.04. The normalized spacial score (nSPS) is 26.5. The Bertz CT molecular complexity index is 1340. The predicted molar refractivity (Wildman–Crippen MR) is 202 cm³/mol. The van der Waals surface area contributed by atoms with Crippen molar-refractivity contribution in [1.29, 1.82) is 0 Å². The Hall–Kier alpha value is -3.91. The van der Waals surface area contributed by atoms with Crippen molar-refractivity contribution in [3.63, 3.8) is 0 Å². The summed E-state index contributed by atoms with van der Waals surface area (Å²) in [6.45, 7) is 9.33. The quantitative estimate of drug-likeness (QED) is 0.0688. The Morgan fingerprint density at radius 2 is 0.797 bits per heavy atom. The van der Waals surface area contributed by atoms with E-state index in [4.69, 9.17) is 56.8 Å². The maximum atomic E-state index is 12.6. The van der Waals surface area contributed by atoms with Crippen LogP contribution in [0.4, 0.5) is 0 Å². The lowest BCUT2D eigenvalue weighted by molar-refractivity contribution is -0.361. The first-order valence-corrected chi connectivity index (χ1v) is 20.3. The maximum absolute atomic E-state index is 12.6. The van der Waals surface area contributed by atoms with Gasteiger partial charge in [-0.3, -0.25) is 33.6 Å². The van der Waals surface area contributed by atoms with Crippen molar-refractivity contribution in [1.82, 2.24) is 0 Å². The van der Waals surface area contributed by atoms with E-state index < -0.39 is 116 Å². The van der Waals surface area contributed by atoms with E-state index >= 15 is 0 Å². The molecule has 2 fully saturated rings. The standard InChI is InChI=1S/C40H64O19/c1-9-10-11-12-13-14-15-16-17-18-19-48-20-21-49-39-37(55-29(7)46)36(54-28(6)45)34(32(57-39)23-51-25(3)42)59-40-38(56-30(8)47)35(53-27(5)44)33(52-26(4)43)31(58-40)22-50-24(2)41/h31-40H,9-23H2,1-8H3/t31-,32-,33+,34-,35+,36+,37-,38-,39-,40+/m1/s1. The van der Waals surface area contributed by atoms with Crippen molar-refractivity contribution >= 4 is 41.8 Å².